The van der Waals surface area contributed by atoms with Crippen LogP contribution in [0.2, 0.25) is 0 Å². The molecule has 0 aromatic heterocycles. The van der Waals surface area contributed by atoms with Gasteiger partial charge in [0.15, 0.2) is 11.8 Å². The van der Waals surface area contributed by atoms with Crippen molar-refractivity contribution in [2.75, 3.05) is 13.2 Å². The molecule has 2 amide bonds. The van der Waals surface area contributed by atoms with Crippen molar-refractivity contribution in [3.63, 3.8) is 0 Å². The standard InChI is InChI=1S/C48H71N3O10/c1-7-9-11-20-47(21-12-10-8-2)59-38-35-27-48(44(56)50-37(29(3)53)42(54)49-23-24-52)40(43(55)57-35)51(61-41(48)39(38)60-47)28-31-15-13-30(14-16-31)25-32-17-18-36-46(6,58-36)22-19-34-33(32)26-45(34,4)5/h13-16,25,29,33-41,52-53H,7-12,17-24,26-28H2,1-6H3,(H,49,54)(H,50,56)/t29-,33+,34+,35+,36?,37+,38-,39-,40-,41+,46+,48-/m0/s1. The van der Waals surface area contributed by atoms with Crippen molar-refractivity contribution in [2.24, 2.45) is 22.7 Å². The number of aliphatic hydroxyl groups excluding tert-OH is 2. The lowest BCUT2D eigenvalue weighted by Crippen LogP contribution is -2.71. The summed E-state index contributed by atoms with van der Waals surface area (Å²) in [5.74, 6) is -1.53. The first-order valence-electron chi connectivity index (χ1n) is 23.5. The molecule has 1 aromatic carbocycles. The number of benzene rings is 1. The maximum Gasteiger partial charge on any atom is 0.327 e. The van der Waals surface area contributed by atoms with Gasteiger partial charge < -0.3 is 39.8 Å². The van der Waals surface area contributed by atoms with E-state index in [9.17, 15) is 24.6 Å². The smallest absolute Gasteiger partial charge is 0.327 e. The van der Waals surface area contributed by atoms with E-state index in [1.165, 1.54) is 25.3 Å². The highest BCUT2D eigenvalue weighted by Gasteiger charge is 2.76. The number of esters is 1. The van der Waals surface area contributed by atoms with Crippen LogP contribution >= 0.6 is 0 Å². The molecule has 12 atom stereocenters. The summed E-state index contributed by atoms with van der Waals surface area (Å²) in [6.45, 7) is 12.7. The second-order valence-corrected chi connectivity index (χ2v) is 20.3. The number of hydrogen-bond acceptors (Lipinski definition) is 11. The van der Waals surface area contributed by atoms with Crippen molar-refractivity contribution in [3.05, 3.63) is 41.0 Å². The molecule has 13 nitrogen and oxygen atoms in total. The predicted molar refractivity (Wildman–Crippen MR) is 227 cm³/mol. The first kappa shape index (κ1) is 44.7. The van der Waals surface area contributed by atoms with Gasteiger partial charge in [-0.25, -0.2) is 0 Å². The Labute approximate surface area is 361 Å². The molecule has 4 heterocycles. The largest absolute Gasteiger partial charge is 0.458 e. The molecular formula is C48H71N3O10. The quantitative estimate of drug-likeness (QED) is 0.0840. The van der Waals surface area contributed by atoms with E-state index >= 15 is 0 Å². The third-order valence-electron chi connectivity index (χ3n) is 15.5. The average molecular weight is 850 g/mol. The number of carbonyl (C=O) groups excluding carboxylic acids is 3. The van der Waals surface area contributed by atoms with Crippen molar-refractivity contribution in [2.45, 2.75) is 198 Å². The molecular weight excluding hydrogens is 779 g/mol. The number of nitrogens with one attached hydrogen (secondary N) is 2. The molecule has 0 radical (unpaired) electrons. The second kappa shape index (κ2) is 17.6. The number of hydrogen-bond donors (Lipinski definition) is 4. The first-order valence-corrected chi connectivity index (χ1v) is 23.5. The third kappa shape index (κ3) is 8.46. The summed E-state index contributed by atoms with van der Waals surface area (Å²) in [7, 11) is 0. The molecule has 338 valence electrons. The summed E-state index contributed by atoms with van der Waals surface area (Å²) < 4.78 is 26.3. The SMILES string of the molecule is CCCCCC1(CCCCC)O[C@@H]2[C@H](O1)[C@H]1ON(Cc3ccc(C=C4CCC5O[C@]5(C)CC[C@@H]5[C@@H]4CC5(C)C)cc3)[C@H]3C(=O)O[C@@H]2C[C@@]13C(=O)N[C@@H](C(=O)NCCO)[C@H](C)O. The number of amides is 2. The molecule has 61 heavy (non-hydrogen) atoms. The Hall–Kier alpha value is -2.91. The molecule has 7 fully saturated rings. The number of hydroxylamine groups is 2. The van der Waals surface area contributed by atoms with Crippen molar-refractivity contribution in [1.29, 1.82) is 0 Å². The maximum absolute atomic E-state index is 15.0. The van der Waals surface area contributed by atoms with Gasteiger partial charge in [0.2, 0.25) is 11.8 Å². The number of epoxide rings is 1. The van der Waals surface area contributed by atoms with Crippen LogP contribution in [-0.4, -0.2) is 106 Å². The van der Waals surface area contributed by atoms with E-state index in [2.05, 4.69) is 75.6 Å². The molecule has 3 saturated carbocycles. The van der Waals surface area contributed by atoms with Crippen LogP contribution < -0.4 is 10.6 Å². The van der Waals surface area contributed by atoms with Crippen LogP contribution in [0.15, 0.2) is 29.8 Å². The number of aliphatic hydroxyl groups is 2. The van der Waals surface area contributed by atoms with Gasteiger partial charge in [-0.3, -0.25) is 19.2 Å². The summed E-state index contributed by atoms with van der Waals surface area (Å²) in [5, 5.41) is 27.0. The van der Waals surface area contributed by atoms with Crippen LogP contribution in [0.5, 0.6) is 0 Å². The highest BCUT2D eigenvalue weighted by atomic mass is 16.8. The Kier molecular flexibility index (Phi) is 12.9. The third-order valence-corrected chi connectivity index (χ3v) is 15.5. The minimum atomic E-state index is -1.52. The van der Waals surface area contributed by atoms with Crippen LogP contribution in [-0.2, 0) is 44.7 Å². The van der Waals surface area contributed by atoms with Gasteiger partial charge in [-0.2, -0.15) is 5.06 Å². The lowest BCUT2D eigenvalue weighted by atomic mass is 9.52. The monoisotopic (exact) mass is 850 g/mol. The number of nitrogens with zero attached hydrogens (tertiary/aromatic N) is 1. The Balaban J connectivity index is 1.08. The fourth-order valence-corrected chi connectivity index (χ4v) is 12.0. The Morgan fingerprint density at radius 1 is 0.967 bits per heavy atom. The van der Waals surface area contributed by atoms with Crippen molar-refractivity contribution in [1.82, 2.24) is 15.7 Å². The van der Waals surface area contributed by atoms with E-state index in [0.717, 1.165) is 68.9 Å². The van der Waals surface area contributed by atoms with Crippen LogP contribution in [0.1, 0.15) is 143 Å². The van der Waals surface area contributed by atoms with Gasteiger partial charge in [0, 0.05) is 25.8 Å². The molecule has 4 saturated heterocycles. The molecule has 3 aliphatic carbocycles. The van der Waals surface area contributed by atoms with Crippen LogP contribution in [0, 0.1) is 22.7 Å². The molecule has 4 N–H and O–H groups in total. The zero-order valence-corrected chi connectivity index (χ0v) is 37.3. The zero-order chi connectivity index (χ0) is 43.3. The zero-order valence-electron chi connectivity index (χ0n) is 37.3. The molecule has 1 aromatic rings. The van der Waals surface area contributed by atoms with Crippen LogP contribution in [0.4, 0.5) is 0 Å². The van der Waals surface area contributed by atoms with Gasteiger partial charge in [0.1, 0.15) is 35.9 Å². The van der Waals surface area contributed by atoms with E-state index in [1.807, 2.05) is 0 Å². The first-order chi connectivity index (χ1) is 29.2. The van der Waals surface area contributed by atoms with E-state index < -0.39 is 71.6 Å². The molecule has 1 unspecified atom stereocenters. The van der Waals surface area contributed by atoms with E-state index in [1.54, 1.807) is 5.06 Å². The maximum atomic E-state index is 15.0. The summed E-state index contributed by atoms with van der Waals surface area (Å²) in [6, 6.07) is 5.85. The number of allylic oxidation sites excluding steroid dienone is 1. The van der Waals surface area contributed by atoms with Crippen molar-refractivity contribution in [3.8, 4) is 0 Å². The summed E-state index contributed by atoms with van der Waals surface area (Å²) in [5.41, 5.74) is 2.36. The van der Waals surface area contributed by atoms with Crippen LogP contribution in [0.25, 0.3) is 6.08 Å². The fraction of sp³-hybridized carbons (Fsp3) is 0.771. The van der Waals surface area contributed by atoms with Gasteiger partial charge in [-0.15, -0.1) is 0 Å². The number of carbonyl (C=O) groups is 3. The van der Waals surface area contributed by atoms with E-state index in [-0.39, 0.29) is 31.7 Å². The molecule has 0 spiro atoms. The Morgan fingerprint density at radius 2 is 1.67 bits per heavy atom. The minimum Gasteiger partial charge on any atom is -0.458 e. The molecule has 4 aliphatic heterocycles. The van der Waals surface area contributed by atoms with Crippen molar-refractivity contribution >= 4 is 23.9 Å². The second-order valence-electron chi connectivity index (χ2n) is 20.3. The van der Waals surface area contributed by atoms with Gasteiger partial charge >= 0.3 is 5.97 Å². The Bertz CT molecular complexity index is 1790. The molecule has 13 heteroatoms. The van der Waals surface area contributed by atoms with Crippen LogP contribution in [0.3, 0.4) is 0 Å². The van der Waals surface area contributed by atoms with E-state index in [0.29, 0.717) is 36.2 Å². The summed E-state index contributed by atoms with van der Waals surface area (Å²) in [4.78, 5) is 49.4. The van der Waals surface area contributed by atoms with E-state index in [4.69, 9.17) is 23.8 Å². The number of unbranched alkanes of at least 4 members (excludes halogenated alkanes) is 4. The van der Waals surface area contributed by atoms with Gasteiger partial charge in [-0.1, -0.05) is 89.3 Å². The normalized spacial score (nSPS) is 37.1. The minimum absolute atomic E-state index is 0.0332. The average Bonchev–Trinajstić information content (AvgIpc) is 3.50. The lowest BCUT2D eigenvalue weighted by Gasteiger charge is -2.53. The lowest BCUT2D eigenvalue weighted by molar-refractivity contribution is -0.224. The molecule has 8 rings (SSSR count). The summed E-state index contributed by atoms with van der Waals surface area (Å²) >= 11 is 0. The topological polar surface area (TPSA) is 168 Å². The highest BCUT2D eigenvalue weighted by Crippen LogP contribution is 2.61. The number of rotatable bonds is 17. The van der Waals surface area contributed by atoms with Gasteiger partial charge in [-0.05, 0) is 87.2 Å². The molecule has 7 aliphatic rings. The number of fused-ring (bicyclic) bond motifs is 6. The molecule has 2 bridgehead atoms. The Morgan fingerprint density at radius 3 is 2.33 bits per heavy atom. The van der Waals surface area contributed by atoms with Crippen molar-refractivity contribution < 1.29 is 48.4 Å². The highest BCUT2D eigenvalue weighted by molar-refractivity contribution is 5.96. The fourth-order valence-electron chi connectivity index (χ4n) is 12.0. The van der Waals surface area contributed by atoms with Gasteiger partial charge in [0.05, 0.1) is 31.0 Å². The predicted octanol–water partition coefficient (Wildman–Crippen LogP) is 5.88. The number of ether oxygens (including phenoxy) is 4. The summed E-state index contributed by atoms with van der Waals surface area (Å²) in [6.07, 6.45) is 11.3. The van der Waals surface area contributed by atoms with Gasteiger partial charge in [0.25, 0.3) is 0 Å².